The summed E-state index contributed by atoms with van der Waals surface area (Å²) in [4.78, 5) is 11.4. The van der Waals surface area contributed by atoms with Crippen molar-refractivity contribution in [2.24, 2.45) is 0 Å². The summed E-state index contributed by atoms with van der Waals surface area (Å²) in [6.07, 6.45) is 18.3. The van der Waals surface area contributed by atoms with Crippen LogP contribution >= 0.6 is 0 Å². The Labute approximate surface area is 149 Å². The fourth-order valence-electron chi connectivity index (χ4n) is 3.78. The lowest BCUT2D eigenvalue weighted by Gasteiger charge is -2.41. The first kappa shape index (κ1) is 20.8. The number of allylic oxidation sites excluding steroid dienone is 1. The fourth-order valence-corrected chi connectivity index (χ4v) is 3.78. The van der Waals surface area contributed by atoms with Crippen LogP contribution in [0.4, 0.5) is 0 Å². The molecule has 2 N–H and O–H groups in total. The molecule has 1 amide bonds. The third kappa shape index (κ3) is 6.31. The number of hydrogen-bond donors (Lipinski definition) is 2. The molecule has 0 aromatic carbocycles. The van der Waals surface area contributed by atoms with Gasteiger partial charge in [0.25, 0.3) is 0 Å². The highest BCUT2D eigenvalue weighted by molar-refractivity contribution is 5.72. The summed E-state index contributed by atoms with van der Waals surface area (Å²) in [5.74, 6) is 0.0453. The number of carbonyl (C=O) groups excluding carboxylic acids is 1. The number of hydrogen-bond acceptors (Lipinski definition) is 2. The van der Waals surface area contributed by atoms with E-state index in [-0.39, 0.29) is 12.1 Å². The van der Waals surface area contributed by atoms with E-state index in [1.165, 1.54) is 44.9 Å². The van der Waals surface area contributed by atoms with Gasteiger partial charge in [-0.05, 0) is 26.2 Å². The SMILES string of the molecule is C=CCCCCCCCCCC1NC=C[N+]1(CC)C(C)NC(C)=O. The van der Waals surface area contributed by atoms with Gasteiger partial charge in [-0.2, -0.15) is 0 Å². The molecule has 0 spiro atoms. The van der Waals surface area contributed by atoms with Crippen LogP contribution in [0, 0.1) is 0 Å². The van der Waals surface area contributed by atoms with E-state index in [1.54, 1.807) is 6.92 Å². The first-order chi connectivity index (χ1) is 11.6. The van der Waals surface area contributed by atoms with Crippen LogP contribution in [0.25, 0.3) is 0 Å². The molecule has 138 valence electrons. The lowest BCUT2D eigenvalue weighted by atomic mass is 10.1. The molecule has 1 rings (SSSR count). The third-order valence-electron chi connectivity index (χ3n) is 5.29. The zero-order valence-corrected chi connectivity index (χ0v) is 16.0. The Kier molecular flexibility index (Phi) is 9.77. The monoisotopic (exact) mass is 336 g/mol. The van der Waals surface area contributed by atoms with E-state index in [9.17, 15) is 4.79 Å². The molecule has 1 aliphatic heterocycles. The quantitative estimate of drug-likeness (QED) is 0.297. The minimum absolute atomic E-state index is 0.0453. The summed E-state index contributed by atoms with van der Waals surface area (Å²) in [7, 11) is 0. The van der Waals surface area contributed by atoms with E-state index in [0.29, 0.717) is 6.17 Å². The van der Waals surface area contributed by atoms with Crippen molar-refractivity contribution >= 4 is 5.91 Å². The average molecular weight is 337 g/mol. The largest absolute Gasteiger partial charge is 0.338 e. The molecule has 1 heterocycles. The molecule has 0 aromatic heterocycles. The van der Waals surface area contributed by atoms with E-state index >= 15 is 0 Å². The number of carbonyl (C=O) groups is 1. The van der Waals surface area contributed by atoms with Gasteiger partial charge in [-0.3, -0.25) is 9.28 Å². The molecule has 4 heteroatoms. The third-order valence-corrected chi connectivity index (χ3v) is 5.29. The second-order valence-corrected chi connectivity index (χ2v) is 7.03. The van der Waals surface area contributed by atoms with Gasteiger partial charge >= 0.3 is 0 Å². The summed E-state index contributed by atoms with van der Waals surface area (Å²) < 4.78 is 0.807. The highest BCUT2D eigenvalue weighted by atomic mass is 16.1. The van der Waals surface area contributed by atoms with Crippen LogP contribution in [0.3, 0.4) is 0 Å². The van der Waals surface area contributed by atoms with Gasteiger partial charge in [0.05, 0.1) is 12.7 Å². The van der Waals surface area contributed by atoms with Crippen molar-refractivity contribution in [1.82, 2.24) is 10.6 Å². The predicted molar refractivity (Wildman–Crippen MR) is 102 cm³/mol. The van der Waals surface area contributed by atoms with Crippen molar-refractivity contribution in [3.05, 3.63) is 25.1 Å². The van der Waals surface area contributed by atoms with Crippen LogP contribution in [0.15, 0.2) is 25.1 Å². The molecule has 3 atom stereocenters. The number of nitrogens with zero attached hydrogens (tertiary/aromatic N) is 1. The summed E-state index contributed by atoms with van der Waals surface area (Å²) >= 11 is 0. The molecule has 4 nitrogen and oxygen atoms in total. The molecule has 0 saturated heterocycles. The van der Waals surface area contributed by atoms with Crippen LogP contribution in [0.2, 0.25) is 0 Å². The Balaban J connectivity index is 2.28. The van der Waals surface area contributed by atoms with E-state index in [1.807, 2.05) is 6.08 Å². The minimum atomic E-state index is 0.0453. The Bertz CT molecular complexity index is 408. The van der Waals surface area contributed by atoms with Crippen LogP contribution in [-0.2, 0) is 4.79 Å². The van der Waals surface area contributed by atoms with Crippen LogP contribution in [0.5, 0.6) is 0 Å². The average Bonchev–Trinajstić information content (AvgIpc) is 2.97. The van der Waals surface area contributed by atoms with Gasteiger partial charge in [0.15, 0.2) is 12.3 Å². The van der Waals surface area contributed by atoms with E-state index in [4.69, 9.17) is 0 Å². The van der Waals surface area contributed by atoms with Crippen LogP contribution in [0.1, 0.15) is 78.6 Å². The Morgan fingerprint density at radius 1 is 1.25 bits per heavy atom. The highest BCUT2D eigenvalue weighted by Crippen LogP contribution is 2.26. The Morgan fingerprint density at radius 3 is 2.46 bits per heavy atom. The van der Waals surface area contributed by atoms with Crippen molar-refractivity contribution < 1.29 is 9.28 Å². The predicted octanol–water partition coefficient (Wildman–Crippen LogP) is 4.40. The normalized spacial score (nSPS) is 23.7. The molecule has 0 bridgehead atoms. The highest BCUT2D eigenvalue weighted by Gasteiger charge is 2.41. The zero-order chi connectivity index (χ0) is 17.8. The first-order valence-electron chi connectivity index (χ1n) is 9.75. The van der Waals surface area contributed by atoms with Crippen molar-refractivity contribution in [3.63, 3.8) is 0 Å². The number of rotatable bonds is 13. The van der Waals surface area contributed by atoms with Crippen molar-refractivity contribution in [2.75, 3.05) is 6.54 Å². The van der Waals surface area contributed by atoms with Crippen molar-refractivity contribution in [2.45, 2.75) is 90.9 Å². The molecular weight excluding hydrogens is 298 g/mol. The van der Waals surface area contributed by atoms with Gasteiger partial charge in [0.2, 0.25) is 5.91 Å². The zero-order valence-electron chi connectivity index (χ0n) is 16.0. The summed E-state index contributed by atoms with van der Waals surface area (Å²) in [6.45, 7) is 10.7. The van der Waals surface area contributed by atoms with Gasteiger partial charge in [0.1, 0.15) is 6.20 Å². The molecule has 0 aromatic rings. The summed E-state index contributed by atoms with van der Waals surface area (Å²) in [5.41, 5.74) is 0. The minimum Gasteiger partial charge on any atom is -0.338 e. The Morgan fingerprint density at radius 2 is 1.88 bits per heavy atom. The van der Waals surface area contributed by atoms with Gasteiger partial charge in [0, 0.05) is 20.3 Å². The van der Waals surface area contributed by atoms with Crippen LogP contribution < -0.4 is 10.6 Å². The Hall–Kier alpha value is -1.29. The van der Waals surface area contributed by atoms with E-state index in [0.717, 1.165) is 23.9 Å². The van der Waals surface area contributed by atoms with Crippen molar-refractivity contribution in [3.8, 4) is 0 Å². The molecule has 0 fully saturated rings. The number of quaternary nitrogens is 1. The summed E-state index contributed by atoms with van der Waals surface area (Å²) in [6, 6.07) is 0. The van der Waals surface area contributed by atoms with Crippen LogP contribution in [-0.4, -0.2) is 29.3 Å². The molecule has 1 aliphatic rings. The van der Waals surface area contributed by atoms with Gasteiger partial charge < -0.3 is 10.6 Å². The van der Waals surface area contributed by atoms with Crippen molar-refractivity contribution in [1.29, 1.82) is 0 Å². The van der Waals surface area contributed by atoms with E-state index in [2.05, 4.69) is 43.5 Å². The lowest BCUT2D eigenvalue weighted by Crippen LogP contribution is -2.62. The topological polar surface area (TPSA) is 41.1 Å². The maximum Gasteiger partial charge on any atom is 0.221 e. The standard InChI is InChI=1S/C20H37N3O/c1-5-7-8-9-10-11-12-13-14-15-20-21-16-17-23(20,6-2)18(3)22-19(4)24/h5,16-18,20-21H,1,6-15H2,2-4H3/p+1. The maximum atomic E-state index is 11.4. The van der Waals surface area contributed by atoms with Gasteiger partial charge in [-0.15, -0.1) is 6.58 Å². The lowest BCUT2D eigenvalue weighted by molar-refractivity contribution is -0.923. The van der Waals surface area contributed by atoms with E-state index < -0.39 is 0 Å². The number of nitrogens with one attached hydrogen (secondary N) is 2. The number of unbranched alkanes of at least 4 members (excludes halogenated alkanes) is 7. The molecule has 0 radical (unpaired) electrons. The van der Waals surface area contributed by atoms with Gasteiger partial charge in [-0.25, -0.2) is 0 Å². The first-order valence-corrected chi connectivity index (χ1v) is 9.75. The maximum absolute atomic E-state index is 11.4. The fraction of sp³-hybridized carbons (Fsp3) is 0.750. The second-order valence-electron chi connectivity index (χ2n) is 7.03. The second kappa shape index (κ2) is 11.3. The molecule has 24 heavy (non-hydrogen) atoms. The smallest absolute Gasteiger partial charge is 0.221 e. The number of amides is 1. The molecular formula is C20H38N3O+. The molecule has 0 aliphatic carbocycles. The summed E-state index contributed by atoms with van der Waals surface area (Å²) in [5, 5.41) is 6.59. The molecule has 0 saturated carbocycles. The van der Waals surface area contributed by atoms with Gasteiger partial charge in [-0.1, -0.05) is 38.2 Å². The molecule has 3 unspecified atom stereocenters.